The zero-order valence-corrected chi connectivity index (χ0v) is 14.3. The van der Waals surface area contributed by atoms with E-state index in [9.17, 15) is 0 Å². The van der Waals surface area contributed by atoms with E-state index in [2.05, 4.69) is 61.1 Å². The van der Waals surface area contributed by atoms with Crippen molar-refractivity contribution < 1.29 is 0 Å². The van der Waals surface area contributed by atoms with Gasteiger partial charge in [0.2, 0.25) is 0 Å². The molecule has 1 N–H and O–H groups in total. The molecular formula is C17H23BrN2. The number of nitriles is 1. The van der Waals surface area contributed by atoms with Gasteiger partial charge in [0, 0.05) is 16.2 Å². The van der Waals surface area contributed by atoms with E-state index in [1.54, 1.807) is 0 Å². The summed E-state index contributed by atoms with van der Waals surface area (Å²) in [5, 5.41) is 12.7. The number of nitrogens with zero attached hydrogens (tertiary/aromatic N) is 1. The third kappa shape index (κ3) is 3.99. The molecule has 0 spiro atoms. The maximum atomic E-state index is 9.06. The first-order valence-electron chi connectivity index (χ1n) is 7.16. The maximum absolute atomic E-state index is 9.06. The van der Waals surface area contributed by atoms with Crippen LogP contribution < -0.4 is 5.32 Å². The Hall–Kier alpha value is -1.01. The predicted molar refractivity (Wildman–Crippen MR) is 87.7 cm³/mol. The van der Waals surface area contributed by atoms with E-state index in [0.717, 1.165) is 10.2 Å². The van der Waals surface area contributed by atoms with Gasteiger partial charge in [0.15, 0.2) is 0 Å². The Morgan fingerprint density at radius 1 is 1.15 bits per heavy atom. The second-order valence-electron chi connectivity index (χ2n) is 7.60. The highest BCUT2D eigenvalue weighted by Gasteiger charge is 2.38. The molecule has 0 unspecified atom stereocenters. The second kappa shape index (κ2) is 5.41. The normalized spacial score (nSPS) is 21.2. The fourth-order valence-electron chi connectivity index (χ4n) is 3.92. The summed E-state index contributed by atoms with van der Waals surface area (Å²) in [6, 6.07) is 8.50. The summed E-state index contributed by atoms with van der Waals surface area (Å²) in [5.74, 6) is 0. The van der Waals surface area contributed by atoms with Crippen molar-refractivity contribution in [1.82, 2.24) is 0 Å². The lowest BCUT2D eigenvalue weighted by Gasteiger charge is -2.45. The number of rotatable bonds is 2. The molecule has 1 saturated carbocycles. The van der Waals surface area contributed by atoms with Gasteiger partial charge in [0.1, 0.15) is 0 Å². The molecule has 108 valence electrons. The molecule has 1 aliphatic rings. The Balaban J connectivity index is 2.17. The Morgan fingerprint density at radius 3 is 2.30 bits per heavy atom. The van der Waals surface area contributed by atoms with Crippen LogP contribution in [0.3, 0.4) is 0 Å². The Labute approximate surface area is 130 Å². The standard InChI is InChI=1S/C17H23BrN2/c1-16(2)8-15(9-17(3,4)11-16)20-14-6-12(10-19)5-13(18)7-14/h5-7,15,20H,8-9,11H2,1-4H3. The van der Waals surface area contributed by atoms with Gasteiger partial charge in [-0.15, -0.1) is 0 Å². The summed E-state index contributed by atoms with van der Waals surface area (Å²) in [6.45, 7) is 9.41. The Bertz CT molecular complexity index is 524. The largest absolute Gasteiger partial charge is 0.382 e. The average molecular weight is 335 g/mol. The molecule has 0 saturated heterocycles. The van der Waals surface area contributed by atoms with Gasteiger partial charge in [0.05, 0.1) is 11.6 Å². The van der Waals surface area contributed by atoms with Gasteiger partial charge in [-0.05, 0) is 48.3 Å². The smallest absolute Gasteiger partial charge is 0.0992 e. The lowest BCUT2D eigenvalue weighted by Crippen LogP contribution is -2.40. The lowest BCUT2D eigenvalue weighted by atomic mass is 9.63. The van der Waals surface area contributed by atoms with Gasteiger partial charge in [-0.3, -0.25) is 0 Å². The number of benzene rings is 1. The third-order valence-corrected chi connectivity index (χ3v) is 4.41. The number of nitrogens with one attached hydrogen (secondary N) is 1. The van der Waals surface area contributed by atoms with Crippen molar-refractivity contribution >= 4 is 21.6 Å². The van der Waals surface area contributed by atoms with Crippen molar-refractivity contribution in [1.29, 1.82) is 5.26 Å². The number of hydrogen-bond donors (Lipinski definition) is 1. The van der Waals surface area contributed by atoms with Crippen LogP contribution in [0.15, 0.2) is 22.7 Å². The molecule has 0 amide bonds. The van der Waals surface area contributed by atoms with Crippen LogP contribution in [0.2, 0.25) is 0 Å². The monoisotopic (exact) mass is 334 g/mol. The van der Waals surface area contributed by atoms with Crippen molar-refractivity contribution in [2.75, 3.05) is 5.32 Å². The quantitative estimate of drug-likeness (QED) is 0.792. The average Bonchev–Trinajstić information content (AvgIpc) is 2.23. The van der Waals surface area contributed by atoms with E-state index in [0.29, 0.717) is 22.4 Å². The van der Waals surface area contributed by atoms with E-state index in [1.807, 2.05) is 12.1 Å². The fourth-order valence-corrected chi connectivity index (χ4v) is 4.41. The summed E-state index contributed by atoms with van der Waals surface area (Å²) in [6.07, 6.45) is 3.61. The zero-order valence-electron chi connectivity index (χ0n) is 12.8. The van der Waals surface area contributed by atoms with E-state index < -0.39 is 0 Å². The topological polar surface area (TPSA) is 35.8 Å². The molecule has 2 nitrogen and oxygen atoms in total. The molecule has 1 aliphatic carbocycles. The van der Waals surface area contributed by atoms with Crippen molar-refractivity contribution in [3.05, 3.63) is 28.2 Å². The Morgan fingerprint density at radius 2 is 1.75 bits per heavy atom. The number of anilines is 1. The maximum Gasteiger partial charge on any atom is 0.0992 e. The van der Waals surface area contributed by atoms with Crippen molar-refractivity contribution in [3.8, 4) is 6.07 Å². The highest BCUT2D eigenvalue weighted by Crippen LogP contribution is 2.46. The third-order valence-electron chi connectivity index (χ3n) is 3.95. The van der Waals surface area contributed by atoms with Gasteiger partial charge >= 0.3 is 0 Å². The summed E-state index contributed by atoms with van der Waals surface area (Å²) in [7, 11) is 0. The van der Waals surface area contributed by atoms with E-state index in [1.165, 1.54) is 19.3 Å². The zero-order chi connectivity index (χ0) is 15.0. The van der Waals surface area contributed by atoms with Crippen molar-refractivity contribution in [2.45, 2.75) is 53.0 Å². The molecule has 2 rings (SSSR count). The molecule has 1 aromatic carbocycles. The lowest BCUT2D eigenvalue weighted by molar-refractivity contribution is 0.105. The molecule has 0 aromatic heterocycles. The molecular weight excluding hydrogens is 312 g/mol. The summed E-state index contributed by atoms with van der Waals surface area (Å²) in [4.78, 5) is 0. The first-order valence-corrected chi connectivity index (χ1v) is 7.96. The summed E-state index contributed by atoms with van der Waals surface area (Å²) < 4.78 is 0.952. The first-order chi connectivity index (χ1) is 9.19. The highest BCUT2D eigenvalue weighted by molar-refractivity contribution is 9.10. The van der Waals surface area contributed by atoms with Crippen molar-refractivity contribution in [3.63, 3.8) is 0 Å². The van der Waals surface area contributed by atoms with Crippen LogP contribution in [0, 0.1) is 22.2 Å². The van der Waals surface area contributed by atoms with E-state index in [-0.39, 0.29) is 0 Å². The highest BCUT2D eigenvalue weighted by atomic mass is 79.9. The molecule has 1 aromatic rings. The minimum absolute atomic E-state index is 0.365. The second-order valence-corrected chi connectivity index (χ2v) is 8.51. The van der Waals surface area contributed by atoms with Gasteiger partial charge in [-0.1, -0.05) is 43.6 Å². The van der Waals surface area contributed by atoms with Crippen LogP contribution in [0.5, 0.6) is 0 Å². The molecule has 0 aliphatic heterocycles. The van der Waals surface area contributed by atoms with Crippen LogP contribution in [0.1, 0.15) is 52.5 Å². The van der Waals surface area contributed by atoms with Gasteiger partial charge < -0.3 is 5.32 Å². The molecule has 0 atom stereocenters. The summed E-state index contributed by atoms with van der Waals surface area (Å²) in [5.41, 5.74) is 2.46. The molecule has 0 bridgehead atoms. The van der Waals surface area contributed by atoms with Crippen LogP contribution in [0.4, 0.5) is 5.69 Å². The van der Waals surface area contributed by atoms with Crippen LogP contribution in [-0.2, 0) is 0 Å². The van der Waals surface area contributed by atoms with Gasteiger partial charge in [-0.2, -0.15) is 5.26 Å². The molecule has 0 radical (unpaired) electrons. The van der Waals surface area contributed by atoms with Crippen LogP contribution in [0.25, 0.3) is 0 Å². The SMILES string of the molecule is CC1(C)CC(Nc2cc(Br)cc(C#N)c2)CC(C)(C)C1. The summed E-state index contributed by atoms with van der Waals surface area (Å²) >= 11 is 3.47. The number of halogens is 1. The predicted octanol–water partition coefficient (Wildman–Crippen LogP) is 5.34. The van der Waals surface area contributed by atoms with E-state index >= 15 is 0 Å². The van der Waals surface area contributed by atoms with Crippen LogP contribution >= 0.6 is 15.9 Å². The Kier molecular flexibility index (Phi) is 4.16. The van der Waals surface area contributed by atoms with Crippen LogP contribution in [-0.4, -0.2) is 6.04 Å². The minimum Gasteiger partial charge on any atom is -0.382 e. The van der Waals surface area contributed by atoms with E-state index in [4.69, 9.17) is 5.26 Å². The number of hydrogen-bond acceptors (Lipinski definition) is 2. The molecule has 1 fully saturated rings. The fraction of sp³-hybridized carbons (Fsp3) is 0.588. The minimum atomic E-state index is 0.365. The van der Waals surface area contributed by atoms with Gasteiger partial charge in [0.25, 0.3) is 0 Å². The molecule has 20 heavy (non-hydrogen) atoms. The molecule has 3 heteroatoms. The first kappa shape index (κ1) is 15.4. The molecule has 0 heterocycles. The van der Waals surface area contributed by atoms with Crippen molar-refractivity contribution in [2.24, 2.45) is 10.8 Å². The van der Waals surface area contributed by atoms with Gasteiger partial charge in [-0.25, -0.2) is 0 Å².